The molecule has 1 aromatic rings. The predicted molar refractivity (Wildman–Crippen MR) is 99.5 cm³/mol. The molecule has 3 aliphatic heterocycles. The first-order chi connectivity index (χ1) is 12.0. The van der Waals surface area contributed by atoms with Gasteiger partial charge in [0.2, 0.25) is 11.8 Å². The second-order valence-electron chi connectivity index (χ2n) is 7.42. The number of rotatable bonds is 2. The molecule has 2 fully saturated rings. The average molecular weight is 381 g/mol. The van der Waals surface area contributed by atoms with Crippen LogP contribution in [0.15, 0.2) is 23.0 Å². The molecule has 4 atom stereocenters. The molecule has 0 aliphatic carbocycles. The number of likely N-dealkylation sites (tertiary alicyclic amines) is 1. The Hall–Kier alpha value is -1.86. The zero-order valence-electron chi connectivity index (χ0n) is 14.8. The summed E-state index contributed by atoms with van der Waals surface area (Å²) in [7, 11) is 0. The number of halogens is 1. The lowest BCUT2D eigenvalue weighted by Crippen LogP contribution is -2.55. The third kappa shape index (κ3) is 3.25. The van der Waals surface area contributed by atoms with Gasteiger partial charge in [-0.2, -0.15) is 0 Å². The smallest absolute Gasteiger partial charge is 0.251 e. The van der Waals surface area contributed by atoms with E-state index in [1.165, 1.54) is 6.07 Å². The quantitative estimate of drug-likeness (QED) is 0.770. The number of nitrogens with zero attached hydrogens (tertiary/aromatic N) is 2. The van der Waals surface area contributed by atoms with Crippen molar-refractivity contribution in [3.8, 4) is 0 Å². The molecule has 7 nitrogen and oxygen atoms in total. The molecule has 3 aliphatic rings. The first kappa shape index (κ1) is 18.9. The highest BCUT2D eigenvalue weighted by atomic mass is 35.5. The summed E-state index contributed by atoms with van der Waals surface area (Å²) in [6.45, 7) is 4.39. The summed E-state index contributed by atoms with van der Waals surface area (Å²) in [4.78, 5) is 39.3. The summed E-state index contributed by atoms with van der Waals surface area (Å²) in [5.74, 6) is 0.0241. The van der Waals surface area contributed by atoms with Crippen LogP contribution in [0.4, 0.5) is 0 Å². The fourth-order valence-electron chi connectivity index (χ4n) is 4.59. The van der Waals surface area contributed by atoms with E-state index < -0.39 is 6.04 Å². The predicted octanol–water partition coefficient (Wildman–Crippen LogP) is 0.255. The molecule has 2 bridgehead atoms. The van der Waals surface area contributed by atoms with Crippen LogP contribution in [0, 0.1) is 5.92 Å². The van der Waals surface area contributed by atoms with Gasteiger partial charge in [-0.3, -0.25) is 19.0 Å². The molecular formula is C18H25ClN4O3. The molecule has 2 saturated heterocycles. The molecule has 2 amide bonds. The van der Waals surface area contributed by atoms with Crippen molar-refractivity contribution in [2.45, 2.75) is 37.8 Å². The fourth-order valence-corrected chi connectivity index (χ4v) is 4.59. The zero-order valence-corrected chi connectivity index (χ0v) is 15.6. The fraction of sp³-hybridized carbons (Fsp3) is 0.611. The topological polar surface area (TPSA) is 83.4 Å². The summed E-state index contributed by atoms with van der Waals surface area (Å²) < 4.78 is 1.67. The molecule has 8 heteroatoms. The van der Waals surface area contributed by atoms with Crippen molar-refractivity contribution >= 4 is 24.2 Å². The molecule has 1 aromatic heterocycles. The molecule has 0 saturated carbocycles. The molecule has 0 spiro atoms. The number of nitrogens with one attached hydrogen (secondary N) is 2. The number of pyridine rings is 1. The maximum atomic E-state index is 13.0. The SMILES string of the molecule is CC(=O)N1C[C@H]2C[C@@H](C1)[C@H](C(=O)N[C@H]1CCNC1)n1c2cccc1=O.Cl. The normalized spacial score (nSPS) is 29.5. The van der Waals surface area contributed by atoms with E-state index in [0.29, 0.717) is 13.1 Å². The van der Waals surface area contributed by atoms with Crippen LogP contribution in [-0.2, 0) is 9.59 Å². The average Bonchev–Trinajstić information content (AvgIpc) is 3.08. The highest BCUT2D eigenvalue weighted by molar-refractivity contribution is 5.85. The van der Waals surface area contributed by atoms with Crippen molar-refractivity contribution in [1.82, 2.24) is 20.1 Å². The summed E-state index contributed by atoms with van der Waals surface area (Å²) in [5, 5.41) is 6.34. The van der Waals surface area contributed by atoms with Gasteiger partial charge in [-0.25, -0.2) is 0 Å². The van der Waals surface area contributed by atoms with Gasteiger partial charge in [0.25, 0.3) is 5.56 Å². The summed E-state index contributed by atoms with van der Waals surface area (Å²) in [6.07, 6.45) is 1.75. The van der Waals surface area contributed by atoms with E-state index in [1.54, 1.807) is 17.6 Å². The number of fused-ring (bicyclic) bond motifs is 4. The molecule has 26 heavy (non-hydrogen) atoms. The van der Waals surface area contributed by atoms with Crippen molar-refractivity contribution in [3.05, 3.63) is 34.2 Å². The lowest BCUT2D eigenvalue weighted by Gasteiger charge is -2.46. The number of hydrogen-bond acceptors (Lipinski definition) is 4. The molecular weight excluding hydrogens is 356 g/mol. The van der Waals surface area contributed by atoms with Crippen LogP contribution in [0.1, 0.15) is 37.4 Å². The Bertz CT molecular complexity index is 759. The molecule has 4 rings (SSSR count). The summed E-state index contributed by atoms with van der Waals surface area (Å²) in [5.41, 5.74) is 0.743. The Morgan fingerprint density at radius 1 is 1.27 bits per heavy atom. The van der Waals surface area contributed by atoms with Gasteiger partial charge in [0.05, 0.1) is 0 Å². The van der Waals surface area contributed by atoms with Crippen LogP contribution in [0.3, 0.4) is 0 Å². The van der Waals surface area contributed by atoms with Gasteiger partial charge < -0.3 is 15.5 Å². The standard InChI is InChI=1S/C18H24N4O3.ClH/c1-11(23)21-9-12-7-13(10-21)17(18(25)20-14-5-6-19-8-14)22-15(12)3-2-4-16(22)24;/h2-4,12-14,17,19H,5-10H2,1H3,(H,20,25);1H/t12-,13+,14+,17-;/m1./s1. The van der Waals surface area contributed by atoms with E-state index in [2.05, 4.69) is 10.6 Å². The van der Waals surface area contributed by atoms with E-state index in [0.717, 1.165) is 31.6 Å². The van der Waals surface area contributed by atoms with E-state index >= 15 is 0 Å². The van der Waals surface area contributed by atoms with Crippen LogP contribution in [-0.4, -0.2) is 53.5 Å². The second kappa shape index (κ2) is 7.40. The minimum Gasteiger partial charge on any atom is -0.350 e. The van der Waals surface area contributed by atoms with Gasteiger partial charge in [-0.1, -0.05) is 6.07 Å². The number of aromatic nitrogens is 1. The van der Waals surface area contributed by atoms with Gasteiger partial charge in [-0.05, 0) is 25.5 Å². The maximum absolute atomic E-state index is 13.0. The Morgan fingerprint density at radius 2 is 2.08 bits per heavy atom. The number of piperidine rings is 1. The monoisotopic (exact) mass is 380 g/mol. The van der Waals surface area contributed by atoms with Crippen molar-refractivity contribution in [2.24, 2.45) is 5.92 Å². The minimum atomic E-state index is -0.539. The Labute approximate surface area is 158 Å². The van der Waals surface area contributed by atoms with Crippen molar-refractivity contribution in [3.63, 3.8) is 0 Å². The molecule has 0 radical (unpaired) electrons. The second-order valence-corrected chi connectivity index (χ2v) is 7.42. The molecule has 0 aromatic carbocycles. The molecule has 2 N–H and O–H groups in total. The Morgan fingerprint density at radius 3 is 2.77 bits per heavy atom. The van der Waals surface area contributed by atoms with Gasteiger partial charge >= 0.3 is 0 Å². The minimum absolute atomic E-state index is 0. The van der Waals surface area contributed by atoms with Crippen LogP contribution >= 0.6 is 12.4 Å². The first-order valence-corrected chi connectivity index (χ1v) is 9.02. The number of carbonyl (C=O) groups excluding carboxylic acids is 2. The van der Waals surface area contributed by atoms with Crippen LogP contribution < -0.4 is 16.2 Å². The van der Waals surface area contributed by atoms with Gasteiger partial charge in [-0.15, -0.1) is 12.4 Å². The highest BCUT2D eigenvalue weighted by Crippen LogP contribution is 2.41. The molecule has 142 valence electrons. The largest absolute Gasteiger partial charge is 0.350 e. The Balaban J connectivity index is 0.00000196. The lowest BCUT2D eigenvalue weighted by molar-refractivity contribution is -0.135. The summed E-state index contributed by atoms with van der Waals surface area (Å²) in [6, 6.07) is 4.76. The highest BCUT2D eigenvalue weighted by Gasteiger charge is 2.44. The number of carbonyl (C=O) groups is 2. The van der Waals surface area contributed by atoms with Crippen molar-refractivity contribution < 1.29 is 9.59 Å². The van der Waals surface area contributed by atoms with Crippen LogP contribution in [0.5, 0.6) is 0 Å². The third-order valence-electron chi connectivity index (χ3n) is 5.77. The van der Waals surface area contributed by atoms with Gasteiger partial charge in [0, 0.05) is 56.2 Å². The van der Waals surface area contributed by atoms with Gasteiger partial charge in [0.15, 0.2) is 0 Å². The van der Waals surface area contributed by atoms with Gasteiger partial charge in [0.1, 0.15) is 6.04 Å². The van der Waals surface area contributed by atoms with Crippen LogP contribution in [0.2, 0.25) is 0 Å². The van der Waals surface area contributed by atoms with E-state index in [1.807, 2.05) is 11.0 Å². The first-order valence-electron chi connectivity index (χ1n) is 9.02. The van der Waals surface area contributed by atoms with Crippen LogP contribution in [0.25, 0.3) is 0 Å². The van der Waals surface area contributed by atoms with Crippen molar-refractivity contribution in [1.29, 1.82) is 0 Å². The maximum Gasteiger partial charge on any atom is 0.251 e. The molecule has 4 heterocycles. The lowest BCUT2D eigenvalue weighted by atomic mass is 9.78. The van der Waals surface area contributed by atoms with E-state index in [9.17, 15) is 14.4 Å². The third-order valence-corrected chi connectivity index (χ3v) is 5.77. The Kier molecular flexibility index (Phi) is 5.39. The van der Waals surface area contributed by atoms with E-state index in [4.69, 9.17) is 0 Å². The van der Waals surface area contributed by atoms with Crippen molar-refractivity contribution in [2.75, 3.05) is 26.2 Å². The number of hydrogen-bond donors (Lipinski definition) is 2. The van der Waals surface area contributed by atoms with E-state index in [-0.39, 0.29) is 47.7 Å². The zero-order chi connectivity index (χ0) is 17.6. The summed E-state index contributed by atoms with van der Waals surface area (Å²) >= 11 is 0. The number of amides is 2. The molecule has 0 unspecified atom stereocenters.